The quantitative estimate of drug-likeness (QED) is 0.566. The Bertz CT molecular complexity index is 164. The van der Waals surface area contributed by atoms with E-state index in [0.717, 1.165) is 0 Å². The summed E-state index contributed by atoms with van der Waals surface area (Å²) in [4.78, 5) is 19.1. The van der Waals surface area contributed by atoms with Gasteiger partial charge in [-0.1, -0.05) is 6.58 Å². The van der Waals surface area contributed by atoms with Crippen molar-refractivity contribution in [2.24, 2.45) is 5.73 Å². The molecule has 0 spiro atoms. The van der Waals surface area contributed by atoms with Crippen LogP contribution in [0.2, 0.25) is 0 Å². The minimum atomic E-state index is -1.19. The predicted molar refractivity (Wildman–Crippen MR) is 41.0 cm³/mol. The van der Waals surface area contributed by atoms with Crippen molar-refractivity contribution in [1.29, 1.82) is 0 Å². The normalized spacial score (nSPS) is 7.50. The molecular weight excluding hydrogens is 162 g/mol. The van der Waals surface area contributed by atoms with Crippen molar-refractivity contribution >= 4 is 12.1 Å². The second-order valence-corrected chi connectivity index (χ2v) is 1.82. The highest BCUT2D eigenvalue weighted by molar-refractivity contribution is 5.82. The van der Waals surface area contributed by atoms with Gasteiger partial charge in [0.15, 0.2) is 0 Å². The van der Waals surface area contributed by atoms with E-state index in [2.05, 4.69) is 17.0 Å². The molecule has 0 saturated heterocycles. The van der Waals surface area contributed by atoms with E-state index in [9.17, 15) is 14.7 Å². The zero-order chi connectivity index (χ0) is 10.1. The van der Waals surface area contributed by atoms with Gasteiger partial charge in [0.2, 0.25) is 0 Å². The number of ether oxygens (including phenoxy) is 1. The van der Waals surface area contributed by atoms with Crippen LogP contribution in [0.1, 0.15) is 13.8 Å². The van der Waals surface area contributed by atoms with Crippen LogP contribution in [0, 0.1) is 0 Å². The Labute approximate surface area is 70.8 Å². The van der Waals surface area contributed by atoms with E-state index in [4.69, 9.17) is 0 Å². The summed E-state index contributed by atoms with van der Waals surface area (Å²) in [6.45, 7) is 6.53. The van der Waals surface area contributed by atoms with Gasteiger partial charge in [-0.2, -0.15) is 0 Å². The molecular formula is C7H12NO4-. The Morgan fingerprint density at radius 2 is 1.92 bits per heavy atom. The van der Waals surface area contributed by atoms with Gasteiger partial charge in [-0.3, -0.25) is 0 Å². The minimum Gasteiger partial charge on any atom is -0.545 e. The van der Waals surface area contributed by atoms with Gasteiger partial charge in [-0.25, -0.2) is 4.79 Å². The van der Waals surface area contributed by atoms with Gasteiger partial charge >= 0.3 is 6.09 Å². The lowest BCUT2D eigenvalue weighted by atomic mass is 10.4. The van der Waals surface area contributed by atoms with Gasteiger partial charge in [0.1, 0.15) is 0 Å². The molecule has 1 amide bonds. The maximum atomic E-state index is 9.60. The molecule has 0 bridgehead atoms. The molecule has 0 radical (unpaired) electrons. The summed E-state index contributed by atoms with van der Waals surface area (Å²) in [5, 5.41) is 9.49. The Balaban J connectivity index is 0. The van der Waals surface area contributed by atoms with Gasteiger partial charge in [0, 0.05) is 0 Å². The highest BCUT2D eigenvalue weighted by atomic mass is 16.5. The van der Waals surface area contributed by atoms with Crippen LogP contribution in [-0.2, 0) is 9.53 Å². The number of nitrogens with two attached hydrogens (primary N) is 1. The largest absolute Gasteiger partial charge is 0.545 e. The number of amides is 1. The van der Waals surface area contributed by atoms with Crippen LogP contribution in [0.25, 0.3) is 0 Å². The SMILES string of the molecule is C=C(C)C(=O)[O-].CCOC(N)=O. The molecule has 0 heterocycles. The van der Waals surface area contributed by atoms with Gasteiger partial charge in [0.05, 0.1) is 12.6 Å². The Morgan fingerprint density at radius 3 is 1.92 bits per heavy atom. The summed E-state index contributed by atoms with van der Waals surface area (Å²) in [6, 6.07) is 0. The number of carbonyl (C=O) groups excluding carboxylic acids is 2. The second kappa shape index (κ2) is 7.59. The van der Waals surface area contributed by atoms with E-state index in [1.807, 2.05) is 0 Å². The van der Waals surface area contributed by atoms with E-state index < -0.39 is 12.1 Å². The van der Waals surface area contributed by atoms with Crippen LogP contribution < -0.4 is 10.8 Å². The third-order valence-electron chi connectivity index (χ3n) is 0.635. The summed E-state index contributed by atoms with van der Waals surface area (Å²) in [5.41, 5.74) is 4.61. The van der Waals surface area contributed by atoms with Crippen LogP contribution in [0.15, 0.2) is 12.2 Å². The van der Waals surface area contributed by atoms with Crippen LogP contribution in [0.3, 0.4) is 0 Å². The van der Waals surface area contributed by atoms with Crippen LogP contribution in [0.5, 0.6) is 0 Å². The second-order valence-electron chi connectivity index (χ2n) is 1.82. The molecule has 2 N–H and O–H groups in total. The maximum absolute atomic E-state index is 9.60. The van der Waals surface area contributed by atoms with E-state index in [1.165, 1.54) is 6.92 Å². The molecule has 5 nitrogen and oxygen atoms in total. The molecule has 0 aliphatic rings. The van der Waals surface area contributed by atoms with Crippen molar-refractivity contribution in [1.82, 2.24) is 0 Å². The zero-order valence-corrected chi connectivity index (χ0v) is 7.12. The predicted octanol–water partition coefficient (Wildman–Crippen LogP) is -0.586. The number of rotatable bonds is 2. The summed E-state index contributed by atoms with van der Waals surface area (Å²) >= 11 is 0. The number of primary amides is 1. The number of aliphatic carboxylic acids is 1. The molecule has 0 aromatic carbocycles. The van der Waals surface area contributed by atoms with Crippen molar-refractivity contribution < 1.29 is 19.4 Å². The van der Waals surface area contributed by atoms with Crippen molar-refractivity contribution in [3.05, 3.63) is 12.2 Å². The molecule has 0 aliphatic heterocycles. The molecule has 0 fully saturated rings. The van der Waals surface area contributed by atoms with Crippen LogP contribution >= 0.6 is 0 Å². The summed E-state index contributed by atoms with van der Waals surface area (Å²) in [7, 11) is 0. The molecule has 0 atom stereocenters. The van der Waals surface area contributed by atoms with Crippen molar-refractivity contribution in [2.75, 3.05) is 6.61 Å². The first-order valence-electron chi connectivity index (χ1n) is 3.20. The highest BCUT2D eigenvalue weighted by Crippen LogP contribution is 1.77. The molecule has 0 rings (SSSR count). The maximum Gasteiger partial charge on any atom is 0.404 e. The summed E-state index contributed by atoms with van der Waals surface area (Å²) in [5.74, 6) is -1.19. The van der Waals surface area contributed by atoms with Crippen LogP contribution in [-0.4, -0.2) is 18.7 Å². The van der Waals surface area contributed by atoms with Crippen molar-refractivity contribution in [3.63, 3.8) is 0 Å². The first-order valence-corrected chi connectivity index (χ1v) is 3.20. The third-order valence-corrected chi connectivity index (χ3v) is 0.635. The smallest absolute Gasteiger partial charge is 0.404 e. The van der Waals surface area contributed by atoms with Crippen molar-refractivity contribution in [3.8, 4) is 0 Å². The molecule has 0 saturated carbocycles. The molecule has 0 unspecified atom stereocenters. The standard InChI is InChI=1S/C4H6O2.C3H7NO2/c1-3(2)4(5)6;1-2-6-3(4)5/h1H2,2H3,(H,5,6);2H2,1H3,(H2,4,5)/p-1. The molecule has 5 heteroatoms. The summed E-state index contributed by atoms with van der Waals surface area (Å²) in [6.07, 6.45) is -0.711. The average molecular weight is 174 g/mol. The first-order chi connectivity index (χ1) is 5.41. The molecule has 70 valence electrons. The fraction of sp³-hybridized carbons (Fsp3) is 0.429. The number of hydrogen-bond acceptors (Lipinski definition) is 4. The average Bonchev–Trinajstić information content (AvgIpc) is 1.87. The highest BCUT2D eigenvalue weighted by Gasteiger charge is 1.82. The zero-order valence-electron chi connectivity index (χ0n) is 7.12. The molecule has 0 aliphatic carbocycles. The fourth-order valence-corrected chi connectivity index (χ4v) is 0.142. The first kappa shape index (κ1) is 13.1. The van der Waals surface area contributed by atoms with E-state index in [-0.39, 0.29) is 5.57 Å². The Kier molecular flexibility index (Phi) is 8.28. The lowest BCUT2D eigenvalue weighted by Gasteiger charge is -1.93. The molecule has 0 aromatic rings. The van der Waals surface area contributed by atoms with Gasteiger partial charge in [0.25, 0.3) is 0 Å². The number of carbonyl (C=O) groups is 2. The number of carboxylic acid groups (broad SMARTS) is 1. The van der Waals surface area contributed by atoms with Crippen molar-refractivity contribution in [2.45, 2.75) is 13.8 Å². The monoisotopic (exact) mass is 174 g/mol. The Hall–Kier alpha value is -1.52. The lowest BCUT2D eigenvalue weighted by molar-refractivity contribution is -0.299. The van der Waals surface area contributed by atoms with Gasteiger partial charge in [-0.15, -0.1) is 0 Å². The lowest BCUT2D eigenvalue weighted by Crippen LogP contribution is -2.22. The molecule has 12 heavy (non-hydrogen) atoms. The topological polar surface area (TPSA) is 92.4 Å². The van der Waals surface area contributed by atoms with Crippen LogP contribution in [0.4, 0.5) is 4.79 Å². The van der Waals surface area contributed by atoms with E-state index >= 15 is 0 Å². The van der Waals surface area contributed by atoms with E-state index in [0.29, 0.717) is 6.61 Å². The van der Waals surface area contributed by atoms with Gasteiger partial charge in [-0.05, 0) is 19.4 Å². The minimum absolute atomic E-state index is 0.0648. The van der Waals surface area contributed by atoms with E-state index in [1.54, 1.807) is 6.92 Å². The number of carboxylic acids is 1. The summed E-state index contributed by atoms with van der Waals surface area (Å²) < 4.78 is 4.18. The Morgan fingerprint density at radius 1 is 1.58 bits per heavy atom. The fourth-order valence-electron chi connectivity index (χ4n) is 0.142. The number of hydrogen-bond donors (Lipinski definition) is 1. The third kappa shape index (κ3) is 15.8. The molecule has 0 aromatic heterocycles. The van der Waals surface area contributed by atoms with Gasteiger partial charge < -0.3 is 20.4 Å².